The Morgan fingerprint density at radius 3 is 2.33 bits per heavy atom. The Balaban J connectivity index is 1.12. The van der Waals surface area contributed by atoms with Gasteiger partial charge in [-0.2, -0.15) is 0 Å². The van der Waals surface area contributed by atoms with Crippen molar-refractivity contribution in [2.75, 3.05) is 34.6 Å². The molecule has 5 rings (SSSR count). The first-order chi connectivity index (χ1) is 19.2. The van der Waals surface area contributed by atoms with Crippen LogP contribution in [-0.4, -0.2) is 60.6 Å². The average Bonchev–Trinajstić information content (AvgIpc) is 3.34. The maximum Gasteiger partial charge on any atom is 0.264 e. The minimum Gasteiger partial charge on any atom is -0.342 e. The third-order valence-electron chi connectivity index (χ3n) is 7.17. The van der Waals surface area contributed by atoms with Crippen LogP contribution in [-0.2, 0) is 24.4 Å². The van der Waals surface area contributed by atoms with E-state index in [-0.39, 0.29) is 46.8 Å². The number of hydrogen-bond donors (Lipinski definition) is 2. The van der Waals surface area contributed by atoms with Crippen molar-refractivity contribution in [2.45, 2.75) is 31.1 Å². The highest BCUT2D eigenvalue weighted by atomic mass is 32.2. The molecule has 3 heterocycles. The van der Waals surface area contributed by atoms with Gasteiger partial charge in [0.05, 0.1) is 10.8 Å². The number of nitrogens with zero attached hydrogens (tertiary/aromatic N) is 4. The van der Waals surface area contributed by atoms with Crippen molar-refractivity contribution in [3.8, 4) is 0 Å². The Kier molecular flexibility index (Phi) is 7.78. The van der Waals surface area contributed by atoms with Gasteiger partial charge in [0, 0.05) is 55.2 Å². The monoisotopic (exact) mass is 562 g/mol. The summed E-state index contributed by atoms with van der Waals surface area (Å²) in [6.45, 7) is 2.98. The minimum atomic E-state index is -3.89. The van der Waals surface area contributed by atoms with Crippen LogP contribution < -0.4 is 14.9 Å². The molecule has 3 aromatic rings. The fourth-order valence-electron chi connectivity index (χ4n) is 4.99. The lowest BCUT2D eigenvalue weighted by atomic mass is 9.94. The first-order valence-corrected chi connectivity index (χ1v) is 14.6. The molecule has 1 atom stereocenters. The number of hydrogen-bond acceptors (Lipinski definition) is 7. The highest BCUT2D eigenvalue weighted by Gasteiger charge is 2.38. The smallest absolute Gasteiger partial charge is 0.264 e. The number of carbonyl (C=O) groups is 3. The molecule has 0 spiro atoms. The average molecular weight is 563 g/mol. The summed E-state index contributed by atoms with van der Waals surface area (Å²) in [4.78, 5) is 49.9. The fraction of sp³-hybridized carbons (Fsp3) is 0.321. The summed E-state index contributed by atoms with van der Waals surface area (Å²) >= 11 is 0. The topological polar surface area (TPSA) is 142 Å². The number of nitrogens with one attached hydrogen (secondary N) is 2. The molecule has 2 N–H and O–H groups in total. The van der Waals surface area contributed by atoms with Crippen molar-refractivity contribution in [1.29, 1.82) is 0 Å². The number of likely N-dealkylation sites (tertiary alicyclic amines) is 1. The van der Waals surface area contributed by atoms with Gasteiger partial charge in [-0.05, 0) is 62.2 Å². The molecule has 0 saturated carbocycles. The molecule has 2 aliphatic rings. The van der Waals surface area contributed by atoms with E-state index in [0.717, 1.165) is 5.69 Å². The van der Waals surface area contributed by atoms with Gasteiger partial charge in [0.15, 0.2) is 0 Å². The SMILES string of the molecule is Cc1ccnc(NS(=O)(=O)c2ccc(NC(=O)C3CCN(C(=O)C4CC(=O)N(c5ccccc5)C4)CC3)cc2)n1. The first-order valence-electron chi connectivity index (χ1n) is 13.1. The van der Waals surface area contributed by atoms with Gasteiger partial charge in [-0.1, -0.05) is 18.2 Å². The molecule has 40 heavy (non-hydrogen) atoms. The van der Waals surface area contributed by atoms with Gasteiger partial charge < -0.3 is 15.1 Å². The highest BCUT2D eigenvalue weighted by molar-refractivity contribution is 7.92. The summed E-state index contributed by atoms with van der Waals surface area (Å²) in [6.07, 6.45) is 2.67. The molecule has 1 aromatic heterocycles. The lowest BCUT2D eigenvalue weighted by Crippen LogP contribution is -2.44. The molecule has 1 unspecified atom stereocenters. The molecule has 0 aliphatic carbocycles. The van der Waals surface area contributed by atoms with E-state index in [1.807, 2.05) is 30.3 Å². The number of aryl methyl sites for hydroxylation is 1. The van der Waals surface area contributed by atoms with E-state index >= 15 is 0 Å². The standard InChI is InChI=1S/C28H30N6O5S/c1-19-11-14-29-28(30-19)32-40(38,39)24-9-7-22(8-10-24)31-26(36)20-12-15-33(16-13-20)27(37)21-17-25(35)34(18-21)23-5-3-2-4-6-23/h2-11,14,20-21H,12-13,15-18H2,1H3,(H,31,36)(H,29,30,32). The second kappa shape index (κ2) is 11.4. The fourth-order valence-corrected chi connectivity index (χ4v) is 5.94. The van der Waals surface area contributed by atoms with E-state index in [2.05, 4.69) is 20.0 Å². The zero-order chi connectivity index (χ0) is 28.3. The highest BCUT2D eigenvalue weighted by Crippen LogP contribution is 2.28. The van der Waals surface area contributed by atoms with Crippen molar-refractivity contribution in [3.63, 3.8) is 0 Å². The number of piperidine rings is 1. The molecule has 12 heteroatoms. The molecule has 2 fully saturated rings. The predicted molar refractivity (Wildman–Crippen MR) is 149 cm³/mol. The van der Waals surface area contributed by atoms with Gasteiger partial charge in [0.1, 0.15) is 0 Å². The second-order valence-electron chi connectivity index (χ2n) is 9.98. The van der Waals surface area contributed by atoms with Crippen molar-refractivity contribution in [3.05, 3.63) is 72.6 Å². The molecule has 0 radical (unpaired) electrons. The van der Waals surface area contributed by atoms with Crippen LogP contribution in [0.1, 0.15) is 25.0 Å². The first kappa shape index (κ1) is 27.3. The molecular weight excluding hydrogens is 532 g/mol. The van der Waals surface area contributed by atoms with Gasteiger partial charge in [-0.3, -0.25) is 14.4 Å². The number of aromatic nitrogens is 2. The summed E-state index contributed by atoms with van der Waals surface area (Å²) < 4.78 is 27.6. The number of anilines is 3. The van der Waals surface area contributed by atoms with Gasteiger partial charge in [0.25, 0.3) is 10.0 Å². The maximum absolute atomic E-state index is 13.1. The maximum atomic E-state index is 13.1. The van der Waals surface area contributed by atoms with Gasteiger partial charge in [-0.15, -0.1) is 0 Å². The van der Waals surface area contributed by atoms with E-state index in [4.69, 9.17) is 0 Å². The predicted octanol–water partition coefficient (Wildman–Crippen LogP) is 2.82. The summed E-state index contributed by atoms with van der Waals surface area (Å²) in [7, 11) is -3.89. The Labute approximate surface area is 232 Å². The molecule has 208 valence electrons. The molecular formula is C28H30N6O5S. The molecule has 3 amide bonds. The van der Waals surface area contributed by atoms with Crippen molar-refractivity contribution in [2.24, 2.45) is 11.8 Å². The van der Waals surface area contributed by atoms with Crippen LogP contribution in [0.15, 0.2) is 71.8 Å². The van der Waals surface area contributed by atoms with E-state index in [1.165, 1.54) is 30.5 Å². The number of benzene rings is 2. The molecule has 0 bridgehead atoms. The third kappa shape index (κ3) is 6.12. The van der Waals surface area contributed by atoms with Crippen molar-refractivity contribution >= 4 is 45.1 Å². The molecule has 11 nitrogen and oxygen atoms in total. The Hall–Kier alpha value is -4.32. The molecule has 2 aromatic carbocycles. The van der Waals surface area contributed by atoms with Crippen molar-refractivity contribution in [1.82, 2.24) is 14.9 Å². The van der Waals surface area contributed by atoms with Crippen LogP contribution >= 0.6 is 0 Å². The van der Waals surface area contributed by atoms with E-state index in [0.29, 0.717) is 43.9 Å². The number of carbonyl (C=O) groups excluding carboxylic acids is 3. The number of sulfonamides is 1. The Morgan fingerprint density at radius 1 is 0.950 bits per heavy atom. The van der Waals surface area contributed by atoms with E-state index in [1.54, 1.807) is 22.8 Å². The zero-order valence-electron chi connectivity index (χ0n) is 22.0. The molecule has 2 aliphatic heterocycles. The van der Waals surface area contributed by atoms with Crippen LogP contribution in [0.3, 0.4) is 0 Å². The molecule has 2 saturated heterocycles. The lowest BCUT2D eigenvalue weighted by molar-refractivity contribution is -0.138. The quantitative estimate of drug-likeness (QED) is 0.451. The Bertz CT molecular complexity index is 1510. The Morgan fingerprint density at radius 2 is 1.65 bits per heavy atom. The van der Waals surface area contributed by atoms with Crippen LogP contribution in [0.5, 0.6) is 0 Å². The van der Waals surface area contributed by atoms with Gasteiger partial charge >= 0.3 is 0 Å². The number of amides is 3. The minimum absolute atomic E-state index is 0.0126. The number of rotatable bonds is 7. The summed E-state index contributed by atoms with van der Waals surface area (Å²) in [5, 5.41) is 2.84. The van der Waals surface area contributed by atoms with Crippen LogP contribution in [0.2, 0.25) is 0 Å². The zero-order valence-corrected chi connectivity index (χ0v) is 22.8. The summed E-state index contributed by atoms with van der Waals surface area (Å²) in [5.41, 5.74) is 1.89. The van der Waals surface area contributed by atoms with E-state index < -0.39 is 10.0 Å². The van der Waals surface area contributed by atoms with Crippen LogP contribution in [0.25, 0.3) is 0 Å². The van der Waals surface area contributed by atoms with Gasteiger partial charge in [-0.25, -0.2) is 23.1 Å². The van der Waals surface area contributed by atoms with Crippen molar-refractivity contribution < 1.29 is 22.8 Å². The second-order valence-corrected chi connectivity index (χ2v) is 11.7. The summed E-state index contributed by atoms with van der Waals surface area (Å²) in [6, 6.07) is 16.8. The van der Waals surface area contributed by atoms with Crippen LogP contribution in [0, 0.1) is 18.8 Å². The summed E-state index contributed by atoms with van der Waals surface area (Å²) in [5.74, 6) is -0.974. The third-order valence-corrected chi connectivity index (χ3v) is 8.52. The van der Waals surface area contributed by atoms with E-state index in [9.17, 15) is 22.8 Å². The van der Waals surface area contributed by atoms with Gasteiger partial charge in [0.2, 0.25) is 23.7 Å². The van der Waals surface area contributed by atoms with Crippen LogP contribution in [0.4, 0.5) is 17.3 Å². The lowest BCUT2D eigenvalue weighted by Gasteiger charge is -2.33. The largest absolute Gasteiger partial charge is 0.342 e. The normalized spacial score (nSPS) is 18.0. The number of para-hydroxylation sites is 1.